The number of hydrogen-bond acceptors (Lipinski definition) is 4. The van der Waals surface area contributed by atoms with Crippen LogP contribution in [0.1, 0.15) is 17.9 Å². The molecule has 2 amide bonds. The molecule has 2 fully saturated rings. The molecule has 7 nitrogen and oxygen atoms in total. The van der Waals surface area contributed by atoms with Crippen LogP contribution in [-0.4, -0.2) is 53.1 Å². The van der Waals surface area contributed by atoms with Gasteiger partial charge >= 0.3 is 0 Å². The van der Waals surface area contributed by atoms with E-state index in [1.54, 1.807) is 17.3 Å². The average Bonchev–Trinajstić information content (AvgIpc) is 3.40. The first-order chi connectivity index (χ1) is 12.7. The molecule has 0 saturated carbocycles. The second-order valence-electron chi connectivity index (χ2n) is 7.12. The van der Waals surface area contributed by atoms with Crippen LogP contribution in [0.15, 0.2) is 42.7 Å². The lowest BCUT2D eigenvalue weighted by atomic mass is 9.89. The molecule has 27 heavy (non-hydrogen) atoms. The summed E-state index contributed by atoms with van der Waals surface area (Å²) < 4.78 is 0. The van der Waals surface area contributed by atoms with E-state index in [0.29, 0.717) is 31.9 Å². The molecule has 3 atom stereocenters. The van der Waals surface area contributed by atoms with Crippen LogP contribution < -0.4 is 10.6 Å². The van der Waals surface area contributed by atoms with E-state index in [1.165, 1.54) is 5.56 Å². The van der Waals surface area contributed by atoms with Crippen LogP contribution in [0.2, 0.25) is 0 Å². The van der Waals surface area contributed by atoms with Gasteiger partial charge in [-0.2, -0.15) is 5.10 Å². The highest BCUT2D eigenvalue weighted by molar-refractivity contribution is 6.00. The van der Waals surface area contributed by atoms with Gasteiger partial charge in [0.25, 0.3) is 0 Å². The van der Waals surface area contributed by atoms with Gasteiger partial charge in [0, 0.05) is 38.2 Å². The maximum absolute atomic E-state index is 13.0. The van der Waals surface area contributed by atoms with Crippen LogP contribution in [0, 0.1) is 11.8 Å². The molecular weight excluding hydrogens is 366 g/mol. The number of anilines is 1. The normalized spacial score (nSPS) is 24.9. The number of nitrogens with zero attached hydrogens (tertiary/aromatic N) is 3. The summed E-state index contributed by atoms with van der Waals surface area (Å²) in [5.41, 5.74) is 7.91. The third-order valence-corrected chi connectivity index (χ3v) is 5.55. The number of nitrogens with two attached hydrogens (primary N) is 1. The quantitative estimate of drug-likeness (QED) is 0.825. The van der Waals surface area contributed by atoms with E-state index < -0.39 is 0 Å². The van der Waals surface area contributed by atoms with E-state index in [9.17, 15) is 9.59 Å². The van der Waals surface area contributed by atoms with Crippen molar-refractivity contribution in [3.63, 3.8) is 0 Å². The molecule has 144 valence electrons. The van der Waals surface area contributed by atoms with Crippen molar-refractivity contribution in [1.29, 1.82) is 0 Å². The van der Waals surface area contributed by atoms with E-state index in [0.717, 1.165) is 0 Å². The molecular formula is C19H24ClN5O2. The Morgan fingerprint density at radius 1 is 1.22 bits per heavy atom. The van der Waals surface area contributed by atoms with Gasteiger partial charge in [0.05, 0.1) is 17.8 Å². The van der Waals surface area contributed by atoms with E-state index in [1.807, 2.05) is 23.1 Å². The highest BCUT2D eigenvalue weighted by Crippen LogP contribution is 2.34. The first-order valence-electron chi connectivity index (χ1n) is 9.00. The average molecular weight is 390 g/mol. The van der Waals surface area contributed by atoms with Crippen molar-refractivity contribution < 1.29 is 9.59 Å². The highest BCUT2D eigenvalue weighted by atomic mass is 35.5. The second kappa shape index (κ2) is 8.10. The minimum Gasteiger partial charge on any atom is -0.341 e. The number of rotatable bonds is 4. The van der Waals surface area contributed by atoms with Crippen molar-refractivity contribution in [3.8, 4) is 0 Å². The standard InChI is InChI=1S/C19H23N5O2.ClH/c20-7-15-10-23(12-17(15)13-4-2-1-3-5-13)19(26)14-6-18(25)24(11-14)16-8-21-22-9-16;/h1-5,8-9,14-15,17H,6-7,10-12,20H2,(H,21,22);1H/t14?,15-,17+;/m1./s1. The molecule has 2 aliphatic rings. The fourth-order valence-electron chi connectivity index (χ4n) is 4.14. The zero-order valence-corrected chi connectivity index (χ0v) is 15.8. The zero-order valence-electron chi connectivity index (χ0n) is 15.0. The largest absolute Gasteiger partial charge is 0.341 e. The van der Waals surface area contributed by atoms with Crippen LogP contribution in [0.3, 0.4) is 0 Å². The summed E-state index contributed by atoms with van der Waals surface area (Å²) in [6, 6.07) is 10.2. The van der Waals surface area contributed by atoms with Crippen LogP contribution in [0.4, 0.5) is 5.69 Å². The van der Waals surface area contributed by atoms with E-state index in [4.69, 9.17) is 5.73 Å². The van der Waals surface area contributed by atoms with Crippen LogP contribution in [-0.2, 0) is 9.59 Å². The molecule has 8 heteroatoms. The molecule has 1 aromatic heterocycles. The van der Waals surface area contributed by atoms with Crippen LogP contribution in [0.25, 0.3) is 0 Å². The Bertz CT molecular complexity index is 783. The number of H-pyrrole nitrogens is 1. The number of amides is 2. The monoisotopic (exact) mass is 389 g/mol. The number of nitrogens with one attached hydrogen (secondary N) is 1. The number of aromatic nitrogens is 2. The molecule has 3 N–H and O–H groups in total. The van der Waals surface area contributed by atoms with E-state index in [2.05, 4.69) is 22.3 Å². The van der Waals surface area contributed by atoms with Gasteiger partial charge in [-0.15, -0.1) is 12.4 Å². The predicted molar refractivity (Wildman–Crippen MR) is 105 cm³/mol. The van der Waals surface area contributed by atoms with Crippen molar-refractivity contribution in [3.05, 3.63) is 48.3 Å². The van der Waals surface area contributed by atoms with Gasteiger partial charge in [0.1, 0.15) is 0 Å². The lowest BCUT2D eigenvalue weighted by Crippen LogP contribution is -2.36. The van der Waals surface area contributed by atoms with Crippen molar-refractivity contribution in [2.75, 3.05) is 31.1 Å². The fraction of sp³-hybridized carbons (Fsp3) is 0.421. The minimum atomic E-state index is -0.301. The molecule has 0 spiro atoms. The molecule has 2 aliphatic heterocycles. The fourth-order valence-corrected chi connectivity index (χ4v) is 4.14. The highest BCUT2D eigenvalue weighted by Gasteiger charge is 2.42. The summed E-state index contributed by atoms with van der Waals surface area (Å²) in [6.45, 7) is 2.29. The first-order valence-corrected chi connectivity index (χ1v) is 9.00. The molecule has 4 rings (SSSR count). The van der Waals surface area contributed by atoms with Gasteiger partial charge in [0.15, 0.2) is 0 Å². The Labute approximate surface area is 164 Å². The van der Waals surface area contributed by atoms with E-state index in [-0.39, 0.29) is 48.4 Å². The summed E-state index contributed by atoms with van der Waals surface area (Å²) in [5.74, 6) is 0.237. The Hall–Kier alpha value is -2.38. The summed E-state index contributed by atoms with van der Waals surface area (Å²) in [7, 11) is 0. The summed E-state index contributed by atoms with van der Waals surface area (Å²) in [5, 5.41) is 6.60. The van der Waals surface area contributed by atoms with Gasteiger partial charge in [-0.3, -0.25) is 14.7 Å². The molecule has 3 heterocycles. The lowest BCUT2D eigenvalue weighted by molar-refractivity contribution is -0.134. The number of halogens is 1. The SMILES string of the molecule is Cl.NC[C@@H]1CN(C(=O)C2CC(=O)N(c3cn[nH]c3)C2)C[C@H]1c1ccccc1. The van der Waals surface area contributed by atoms with Gasteiger partial charge < -0.3 is 15.5 Å². The maximum atomic E-state index is 13.0. The second-order valence-corrected chi connectivity index (χ2v) is 7.12. The zero-order chi connectivity index (χ0) is 18.1. The Morgan fingerprint density at radius 2 is 2.00 bits per heavy atom. The molecule has 2 saturated heterocycles. The smallest absolute Gasteiger partial charge is 0.228 e. The molecule has 0 bridgehead atoms. The van der Waals surface area contributed by atoms with Crippen molar-refractivity contribution in [2.24, 2.45) is 17.6 Å². The maximum Gasteiger partial charge on any atom is 0.228 e. The lowest BCUT2D eigenvalue weighted by Gasteiger charge is -2.21. The van der Waals surface area contributed by atoms with Gasteiger partial charge in [-0.25, -0.2) is 0 Å². The number of benzene rings is 1. The molecule has 1 unspecified atom stereocenters. The number of likely N-dealkylation sites (tertiary alicyclic amines) is 1. The van der Waals surface area contributed by atoms with Crippen molar-refractivity contribution in [1.82, 2.24) is 15.1 Å². The molecule has 0 radical (unpaired) electrons. The summed E-state index contributed by atoms with van der Waals surface area (Å²) >= 11 is 0. The first kappa shape index (κ1) is 19.4. The third kappa shape index (κ3) is 3.70. The van der Waals surface area contributed by atoms with Gasteiger partial charge in [-0.05, 0) is 18.0 Å². The van der Waals surface area contributed by atoms with Crippen molar-refractivity contribution >= 4 is 29.9 Å². The Morgan fingerprint density at radius 3 is 2.67 bits per heavy atom. The molecule has 2 aromatic rings. The Kier molecular flexibility index (Phi) is 5.82. The summed E-state index contributed by atoms with van der Waals surface area (Å²) in [6.07, 6.45) is 3.54. The van der Waals surface area contributed by atoms with Crippen molar-refractivity contribution in [2.45, 2.75) is 12.3 Å². The van der Waals surface area contributed by atoms with Gasteiger partial charge in [0.2, 0.25) is 11.8 Å². The number of hydrogen-bond donors (Lipinski definition) is 2. The molecule has 1 aromatic carbocycles. The number of carbonyl (C=O) groups is 2. The molecule has 0 aliphatic carbocycles. The third-order valence-electron chi connectivity index (χ3n) is 5.55. The number of carbonyl (C=O) groups excluding carboxylic acids is 2. The Balaban J connectivity index is 0.00000210. The minimum absolute atomic E-state index is 0. The topological polar surface area (TPSA) is 95.3 Å². The number of aromatic amines is 1. The van der Waals surface area contributed by atoms with Crippen LogP contribution >= 0.6 is 12.4 Å². The summed E-state index contributed by atoms with van der Waals surface area (Å²) in [4.78, 5) is 28.9. The van der Waals surface area contributed by atoms with Crippen LogP contribution in [0.5, 0.6) is 0 Å². The predicted octanol–water partition coefficient (Wildman–Crippen LogP) is 1.39. The van der Waals surface area contributed by atoms with Gasteiger partial charge in [-0.1, -0.05) is 30.3 Å². The van der Waals surface area contributed by atoms with E-state index >= 15 is 0 Å².